The maximum Gasteiger partial charge on any atom is 0.309 e. The summed E-state index contributed by atoms with van der Waals surface area (Å²) in [5.41, 5.74) is 6.58. The molecular formula is C38H75NO4. The van der Waals surface area contributed by atoms with E-state index in [1.54, 1.807) is 6.08 Å². The lowest BCUT2D eigenvalue weighted by Crippen LogP contribution is -2.72. The number of allylic oxidation sites excluding steroid dienone is 1. The number of rotatable bonds is 4. The average Bonchev–Trinajstić information content (AvgIpc) is 2.90. The average molecular weight is 610 g/mol. The Bertz CT molecular complexity index is 885. The molecule has 4 fully saturated rings. The number of ether oxygens (including phenoxy) is 1. The van der Waals surface area contributed by atoms with Crippen LogP contribution in [0.25, 0.3) is 0 Å². The van der Waals surface area contributed by atoms with Crippen molar-refractivity contribution in [3.8, 4) is 0 Å². The van der Waals surface area contributed by atoms with E-state index in [-0.39, 0.29) is 49.1 Å². The normalized spacial score (nSPS) is 40.0. The smallest absolute Gasteiger partial charge is 0.309 e. The molecule has 0 bridgehead atoms. The van der Waals surface area contributed by atoms with E-state index in [9.17, 15) is 14.7 Å². The van der Waals surface area contributed by atoms with Gasteiger partial charge in [0.1, 0.15) is 6.10 Å². The molecule has 0 radical (unpaired) electrons. The molecule has 0 spiro atoms. The van der Waals surface area contributed by atoms with Crippen molar-refractivity contribution in [2.24, 2.45) is 51.1 Å². The molecule has 4 aliphatic rings. The molecule has 4 saturated carbocycles. The van der Waals surface area contributed by atoms with Crippen molar-refractivity contribution in [3.63, 3.8) is 0 Å². The maximum atomic E-state index is 12.5. The second kappa shape index (κ2) is 16.8. The third kappa shape index (κ3) is 7.55. The van der Waals surface area contributed by atoms with Crippen LogP contribution in [-0.2, 0) is 14.3 Å². The van der Waals surface area contributed by atoms with Crippen LogP contribution in [-0.4, -0.2) is 28.7 Å². The van der Waals surface area contributed by atoms with Crippen molar-refractivity contribution in [1.82, 2.24) is 0 Å². The predicted octanol–water partition coefficient (Wildman–Crippen LogP) is 10.7. The topological polar surface area (TPSA) is 89.6 Å². The number of carbonyl (C=O) groups excluding carboxylic acids is 1. The first kappa shape index (κ1) is 43.8. The molecule has 9 unspecified atom stereocenters. The third-order valence-electron chi connectivity index (χ3n) is 12.1. The molecule has 256 valence electrons. The molecule has 0 amide bonds. The zero-order valence-electron chi connectivity index (χ0n) is 29.0. The quantitative estimate of drug-likeness (QED) is 0.244. The predicted molar refractivity (Wildman–Crippen MR) is 186 cm³/mol. The zero-order chi connectivity index (χ0) is 32.0. The van der Waals surface area contributed by atoms with Crippen molar-refractivity contribution in [2.45, 2.75) is 174 Å². The van der Waals surface area contributed by atoms with Gasteiger partial charge in [0.25, 0.3) is 0 Å². The van der Waals surface area contributed by atoms with E-state index >= 15 is 0 Å². The van der Waals surface area contributed by atoms with E-state index in [0.29, 0.717) is 17.8 Å². The molecule has 5 heteroatoms. The molecule has 4 rings (SSSR count). The second-order valence-electron chi connectivity index (χ2n) is 14.3. The Morgan fingerprint density at radius 3 is 1.77 bits per heavy atom. The molecule has 0 aromatic carbocycles. The number of carbonyl (C=O) groups is 2. The molecule has 5 nitrogen and oxygen atoms in total. The minimum atomic E-state index is -0.727. The SMILES string of the molecule is C.C.C=CC.CC.CC.CCCC1C(C)(C(=O)O)CCC2C3(C)CCC4C(C)(C)C(OC(C)=O)CCC4(C)C3CCC12N. The highest BCUT2D eigenvalue weighted by Gasteiger charge is 2.69. The van der Waals surface area contributed by atoms with Gasteiger partial charge >= 0.3 is 11.9 Å². The molecule has 0 saturated heterocycles. The van der Waals surface area contributed by atoms with Gasteiger partial charge in [0.15, 0.2) is 0 Å². The Hall–Kier alpha value is -1.36. The van der Waals surface area contributed by atoms with Gasteiger partial charge in [-0.2, -0.15) is 0 Å². The lowest BCUT2D eigenvalue weighted by Gasteiger charge is -2.71. The summed E-state index contributed by atoms with van der Waals surface area (Å²) in [5.74, 6) is 0.659. The zero-order valence-corrected chi connectivity index (χ0v) is 29.0. The summed E-state index contributed by atoms with van der Waals surface area (Å²) in [4.78, 5) is 24.3. The summed E-state index contributed by atoms with van der Waals surface area (Å²) in [6, 6.07) is 0. The number of fused-ring (bicyclic) bond motifs is 5. The first-order valence-electron chi connectivity index (χ1n) is 16.9. The third-order valence-corrected chi connectivity index (χ3v) is 12.1. The van der Waals surface area contributed by atoms with Crippen molar-refractivity contribution < 1.29 is 19.4 Å². The van der Waals surface area contributed by atoms with Gasteiger partial charge in [-0.1, -0.05) is 89.7 Å². The minimum absolute atomic E-state index is 0. The number of carboxylic acids is 1. The van der Waals surface area contributed by atoms with Crippen LogP contribution in [0.15, 0.2) is 12.7 Å². The van der Waals surface area contributed by atoms with E-state index in [0.717, 1.165) is 64.2 Å². The van der Waals surface area contributed by atoms with E-state index in [1.165, 1.54) is 6.92 Å². The van der Waals surface area contributed by atoms with Gasteiger partial charge in [0, 0.05) is 17.9 Å². The molecular weight excluding hydrogens is 534 g/mol. The van der Waals surface area contributed by atoms with Crippen molar-refractivity contribution >= 4 is 11.9 Å². The van der Waals surface area contributed by atoms with Crippen LogP contribution in [0.1, 0.15) is 162 Å². The largest absolute Gasteiger partial charge is 0.481 e. The molecule has 0 aromatic rings. The first-order valence-corrected chi connectivity index (χ1v) is 16.9. The maximum absolute atomic E-state index is 12.5. The Balaban J connectivity index is 0. The monoisotopic (exact) mass is 610 g/mol. The highest BCUT2D eigenvalue weighted by Crippen LogP contribution is 2.72. The van der Waals surface area contributed by atoms with E-state index < -0.39 is 16.9 Å². The highest BCUT2D eigenvalue weighted by atomic mass is 16.5. The lowest BCUT2D eigenvalue weighted by atomic mass is 9.34. The van der Waals surface area contributed by atoms with E-state index in [4.69, 9.17) is 10.5 Å². The van der Waals surface area contributed by atoms with Crippen LogP contribution in [0.3, 0.4) is 0 Å². The van der Waals surface area contributed by atoms with Gasteiger partial charge in [-0.15, -0.1) is 6.58 Å². The van der Waals surface area contributed by atoms with Crippen LogP contribution < -0.4 is 5.73 Å². The number of hydrogen-bond donors (Lipinski definition) is 2. The highest BCUT2D eigenvalue weighted by molar-refractivity contribution is 5.75. The van der Waals surface area contributed by atoms with Gasteiger partial charge in [-0.3, -0.25) is 9.59 Å². The molecule has 0 aromatic heterocycles. The standard InChI is InChI=1S/C29H49NO4.C3H6.2C2H6.2CH4/c1-8-9-21-28(7,24(32)33)15-11-22-27(6)14-10-19-25(3,4)23(34-18(2)31)13-16-26(19,5)20(27)12-17-29(21,22)30;1-3-2;2*1-2;;/h19-23H,8-17,30H2,1-7H3,(H,32,33);3H,1H2,2H3;2*1-2H3;2*1H4. The number of esters is 1. The number of carboxylic acid groups (broad SMARTS) is 1. The Labute approximate surface area is 268 Å². The van der Waals surface area contributed by atoms with Crippen molar-refractivity contribution in [3.05, 3.63) is 12.7 Å². The number of aliphatic carboxylic acids is 1. The summed E-state index contributed by atoms with van der Waals surface area (Å²) < 4.78 is 5.84. The van der Waals surface area contributed by atoms with E-state index in [2.05, 4.69) is 41.2 Å². The lowest BCUT2D eigenvalue weighted by molar-refractivity contribution is -0.227. The molecule has 9 atom stereocenters. The molecule has 0 heterocycles. The summed E-state index contributed by atoms with van der Waals surface area (Å²) in [7, 11) is 0. The van der Waals surface area contributed by atoms with Gasteiger partial charge in [0.2, 0.25) is 0 Å². The fourth-order valence-electron chi connectivity index (χ4n) is 10.6. The van der Waals surface area contributed by atoms with Gasteiger partial charge in [-0.25, -0.2) is 0 Å². The summed E-state index contributed by atoms with van der Waals surface area (Å²) in [6.45, 7) is 28.6. The summed E-state index contributed by atoms with van der Waals surface area (Å²) in [6.07, 6.45) is 11.6. The van der Waals surface area contributed by atoms with Crippen LogP contribution in [0.5, 0.6) is 0 Å². The van der Waals surface area contributed by atoms with E-state index in [1.807, 2.05) is 41.5 Å². The van der Waals surface area contributed by atoms with Gasteiger partial charge in [-0.05, 0) is 106 Å². The number of nitrogens with two attached hydrogens (primary N) is 1. The second-order valence-corrected chi connectivity index (χ2v) is 14.3. The van der Waals surface area contributed by atoms with Crippen molar-refractivity contribution in [1.29, 1.82) is 0 Å². The van der Waals surface area contributed by atoms with Crippen LogP contribution in [0, 0.1) is 45.3 Å². The van der Waals surface area contributed by atoms with Crippen LogP contribution in [0.4, 0.5) is 0 Å². The molecule has 3 N–H and O–H groups in total. The summed E-state index contributed by atoms with van der Waals surface area (Å²) >= 11 is 0. The molecule has 0 aliphatic heterocycles. The van der Waals surface area contributed by atoms with Crippen molar-refractivity contribution in [2.75, 3.05) is 0 Å². The Kier molecular flexibility index (Phi) is 17.1. The fraction of sp³-hybridized carbons (Fsp3) is 0.895. The van der Waals surface area contributed by atoms with Crippen LogP contribution >= 0.6 is 0 Å². The molecule has 4 aliphatic carbocycles. The minimum Gasteiger partial charge on any atom is -0.481 e. The Morgan fingerprint density at radius 2 is 1.30 bits per heavy atom. The summed E-state index contributed by atoms with van der Waals surface area (Å²) in [5, 5.41) is 10.2. The Morgan fingerprint density at radius 1 is 0.860 bits per heavy atom. The number of hydrogen-bond acceptors (Lipinski definition) is 4. The molecule has 43 heavy (non-hydrogen) atoms. The van der Waals surface area contributed by atoms with Gasteiger partial charge < -0.3 is 15.6 Å². The van der Waals surface area contributed by atoms with Gasteiger partial charge in [0.05, 0.1) is 5.41 Å². The first-order chi connectivity index (χ1) is 19.1. The fourth-order valence-corrected chi connectivity index (χ4v) is 10.6. The van der Waals surface area contributed by atoms with Crippen LogP contribution in [0.2, 0.25) is 0 Å².